The fourth-order valence-electron chi connectivity index (χ4n) is 4.41. The predicted molar refractivity (Wildman–Crippen MR) is 150 cm³/mol. The smallest absolute Gasteiger partial charge is 0.164 e. The van der Waals surface area contributed by atoms with Crippen LogP contribution in [0.3, 0.4) is 0 Å². The summed E-state index contributed by atoms with van der Waals surface area (Å²) < 4.78 is 0. The first kappa shape index (κ1) is 22.5. The summed E-state index contributed by atoms with van der Waals surface area (Å²) in [7, 11) is 0. The van der Waals surface area contributed by atoms with Crippen LogP contribution in [0.4, 0.5) is 0 Å². The van der Waals surface area contributed by atoms with Crippen molar-refractivity contribution < 1.29 is 0 Å². The largest absolute Gasteiger partial charge is 0.261 e. The maximum Gasteiger partial charge on any atom is 0.164 e. The zero-order valence-corrected chi connectivity index (χ0v) is 20.4. The van der Waals surface area contributed by atoms with E-state index in [2.05, 4.69) is 59.6 Å². The fraction of sp³-hybridized carbons (Fsp3) is 0.0303. The van der Waals surface area contributed by atoms with E-state index in [-0.39, 0.29) is 0 Å². The molecule has 0 unspecified atom stereocenters. The van der Waals surface area contributed by atoms with E-state index in [4.69, 9.17) is 15.0 Å². The molecule has 2 aromatic heterocycles. The van der Waals surface area contributed by atoms with Crippen molar-refractivity contribution in [1.29, 1.82) is 0 Å². The van der Waals surface area contributed by atoms with Crippen LogP contribution in [0.5, 0.6) is 0 Å². The highest BCUT2D eigenvalue weighted by Crippen LogP contribution is 2.30. The lowest BCUT2D eigenvalue weighted by atomic mass is 9.98. The van der Waals surface area contributed by atoms with Gasteiger partial charge in [0.15, 0.2) is 17.5 Å². The first-order valence-corrected chi connectivity index (χ1v) is 12.2. The van der Waals surface area contributed by atoms with Crippen molar-refractivity contribution in [2.75, 3.05) is 0 Å². The Morgan fingerprint density at radius 1 is 0.405 bits per heavy atom. The third-order valence-corrected chi connectivity index (χ3v) is 6.36. The Morgan fingerprint density at radius 2 is 0.919 bits per heavy atom. The highest BCUT2D eigenvalue weighted by atomic mass is 15.0. The van der Waals surface area contributed by atoms with Gasteiger partial charge in [-0.3, -0.25) is 4.98 Å². The molecule has 0 bridgehead atoms. The van der Waals surface area contributed by atoms with Crippen LogP contribution in [-0.4, -0.2) is 19.9 Å². The maximum absolute atomic E-state index is 4.87. The second-order valence-corrected chi connectivity index (χ2v) is 8.83. The average molecular weight is 477 g/mol. The molecule has 0 saturated heterocycles. The Kier molecular flexibility index (Phi) is 6.05. The lowest BCUT2D eigenvalue weighted by Crippen LogP contribution is -2.00. The summed E-state index contributed by atoms with van der Waals surface area (Å²) in [6, 6.07) is 41.1. The minimum atomic E-state index is 0.650. The molecule has 0 spiro atoms. The third kappa shape index (κ3) is 4.78. The van der Waals surface area contributed by atoms with Crippen molar-refractivity contribution in [1.82, 2.24) is 19.9 Å². The molecule has 0 aliphatic carbocycles. The molecule has 4 aromatic carbocycles. The molecule has 37 heavy (non-hydrogen) atoms. The highest BCUT2D eigenvalue weighted by molar-refractivity contribution is 5.75. The molecule has 0 aliphatic rings. The molecule has 0 amide bonds. The van der Waals surface area contributed by atoms with Gasteiger partial charge in [-0.05, 0) is 35.7 Å². The van der Waals surface area contributed by atoms with Gasteiger partial charge in [-0.15, -0.1) is 0 Å². The van der Waals surface area contributed by atoms with E-state index in [1.165, 1.54) is 0 Å². The minimum Gasteiger partial charge on any atom is -0.261 e. The van der Waals surface area contributed by atoms with Gasteiger partial charge in [0.1, 0.15) is 0 Å². The van der Waals surface area contributed by atoms with Crippen molar-refractivity contribution in [2.45, 2.75) is 6.92 Å². The zero-order chi connectivity index (χ0) is 25.0. The van der Waals surface area contributed by atoms with Gasteiger partial charge in [0, 0.05) is 34.1 Å². The Labute approximate surface area is 216 Å². The van der Waals surface area contributed by atoms with Crippen molar-refractivity contribution in [3.8, 4) is 56.4 Å². The van der Waals surface area contributed by atoms with Crippen LogP contribution in [0.15, 0.2) is 128 Å². The van der Waals surface area contributed by atoms with Crippen LogP contribution in [0, 0.1) is 6.92 Å². The van der Waals surface area contributed by atoms with Gasteiger partial charge in [-0.2, -0.15) is 0 Å². The number of pyridine rings is 1. The summed E-state index contributed by atoms with van der Waals surface area (Å²) >= 11 is 0. The van der Waals surface area contributed by atoms with Gasteiger partial charge >= 0.3 is 0 Å². The topological polar surface area (TPSA) is 51.6 Å². The van der Waals surface area contributed by atoms with E-state index >= 15 is 0 Å². The molecule has 0 radical (unpaired) electrons. The van der Waals surface area contributed by atoms with E-state index in [1.807, 2.05) is 79.9 Å². The molecular weight excluding hydrogens is 452 g/mol. The number of aromatic nitrogens is 4. The minimum absolute atomic E-state index is 0.650. The first-order chi connectivity index (χ1) is 18.2. The SMILES string of the molecule is Cc1ncccc1-c1ccc(-c2cccc(-c3nc(-c4ccccc4)nc(-c4ccccc4)n3)c2)cc1. The third-order valence-electron chi connectivity index (χ3n) is 6.36. The quantitative estimate of drug-likeness (QED) is 0.254. The molecule has 0 aliphatic heterocycles. The molecule has 2 heterocycles. The molecule has 4 heteroatoms. The van der Waals surface area contributed by atoms with Crippen LogP contribution in [0.2, 0.25) is 0 Å². The van der Waals surface area contributed by atoms with Crippen LogP contribution >= 0.6 is 0 Å². The molecule has 0 atom stereocenters. The summed E-state index contributed by atoms with van der Waals surface area (Å²) in [6.07, 6.45) is 1.83. The molecule has 6 aromatic rings. The van der Waals surface area contributed by atoms with Gasteiger partial charge in [0.25, 0.3) is 0 Å². The van der Waals surface area contributed by atoms with Gasteiger partial charge in [0.05, 0.1) is 0 Å². The predicted octanol–water partition coefficient (Wildman–Crippen LogP) is 7.91. The number of aryl methyl sites for hydroxylation is 1. The molecule has 6 rings (SSSR count). The van der Waals surface area contributed by atoms with Gasteiger partial charge < -0.3 is 0 Å². The van der Waals surface area contributed by atoms with Gasteiger partial charge in [-0.25, -0.2) is 15.0 Å². The lowest BCUT2D eigenvalue weighted by molar-refractivity contribution is 1.07. The summed E-state index contributed by atoms with van der Waals surface area (Å²) in [5.74, 6) is 1.97. The Morgan fingerprint density at radius 3 is 1.51 bits per heavy atom. The number of rotatable bonds is 5. The monoisotopic (exact) mass is 476 g/mol. The number of nitrogens with zero attached hydrogens (tertiary/aromatic N) is 4. The van der Waals surface area contributed by atoms with Crippen molar-refractivity contribution in [3.63, 3.8) is 0 Å². The standard InChI is InChI=1S/C33H24N4/c1-23-30(16-9-21-34-23)25-19-17-24(18-20-25)28-14-8-15-29(22-28)33-36-31(26-10-4-2-5-11-26)35-32(37-33)27-12-6-3-7-13-27/h2-22H,1H3. The van der Waals surface area contributed by atoms with E-state index in [1.54, 1.807) is 0 Å². The first-order valence-electron chi connectivity index (χ1n) is 12.2. The van der Waals surface area contributed by atoms with Crippen LogP contribution in [0.1, 0.15) is 5.69 Å². The number of hydrogen-bond acceptors (Lipinski definition) is 4. The van der Waals surface area contributed by atoms with E-state index < -0.39 is 0 Å². The van der Waals surface area contributed by atoms with Crippen LogP contribution in [0.25, 0.3) is 56.4 Å². The van der Waals surface area contributed by atoms with Crippen LogP contribution < -0.4 is 0 Å². The maximum atomic E-state index is 4.87. The molecule has 0 N–H and O–H groups in total. The lowest BCUT2D eigenvalue weighted by Gasteiger charge is -2.10. The van der Waals surface area contributed by atoms with Gasteiger partial charge in [-0.1, -0.05) is 109 Å². The summed E-state index contributed by atoms with van der Waals surface area (Å²) in [5.41, 5.74) is 8.43. The average Bonchev–Trinajstić information content (AvgIpc) is 2.98. The Hall–Kier alpha value is -4.96. The Balaban J connectivity index is 1.41. The highest BCUT2D eigenvalue weighted by Gasteiger charge is 2.13. The van der Waals surface area contributed by atoms with Crippen LogP contribution in [-0.2, 0) is 0 Å². The van der Waals surface area contributed by atoms with Crippen molar-refractivity contribution in [3.05, 3.63) is 133 Å². The van der Waals surface area contributed by atoms with E-state index in [0.717, 1.165) is 44.6 Å². The number of benzene rings is 4. The molecular formula is C33H24N4. The molecule has 0 saturated carbocycles. The van der Waals surface area contributed by atoms with Crippen molar-refractivity contribution in [2.24, 2.45) is 0 Å². The zero-order valence-electron chi connectivity index (χ0n) is 20.4. The van der Waals surface area contributed by atoms with Gasteiger partial charge in [0.2, 0.25) is 0 Å². The summed E-state index contributed by atoms with van der Waals surface area (Å²) in [4.78, 5) is 19.0. The second-order valence-electron chi connectivity index (χ2n) is 8.83. The fourth-order valence-corrected chi connectivity index (χ4v) is 4.41. The normalized spacial score (nSPS) is 10.8. The molecule has 4 nitrogen and oxygen atoms in total. The Bertz CT molecular complexity index is 1600. The van der Waals surface area contributed by atoms with Crippen molar-refractivity contribution >= 4 is 0 Å². The second kappa shape index (κ2) is 9.96. The van der Waals surface area contributed by atoms with E-state index in [0.29, 0.717) is 17.5 Å². The van der Waals surface area contributed by atoms with E-state index in [9.17, 15) is 0 Å². The summed E-state index contributed by atoms with van der Waals surface area (Å²) in [5, 5.41) is 0. The molecule has 176 valence electrons. The number of hydrogen-bond donors (Lipinski definition) is 0. The summed E-state index contributed by atoms with van der Waals surface area (Å²) in [6.45, 7) is 2.04. The molecule has 0 fully saturated rings.